The lowest BCUT2D eigenvalue weighted by Crippen LogP contribution is -2.19. The van der Waals surface area contributed by atoms with Crippen LogP contribution < -0.4 is 0 Å². The lowest BCUT2D eigenvalue weighted by molar-refractivity contribution is 0.0385. The van der Waals surface area contributed by atoms with E-state index in [2.05, 4.69) is 0 Å². The standard InChI is InChI=1S/C24H20O4S/c25-23(19-10-3-1-4-11-19)24(20-12-5-2-6-13-20)28-29(26,27)22-16-15-18-9-7-8-14-21(18)17-22/h1-17,23-25H. The molecule has 0 fully saturated rings. The number of fused-ring (bicyclic) bond motifs is 1. The Bertz CT molecular complexity index is 1210. The van der Waals surface area contributed by atoms with Crippen molar-refractivity contribution in [3.05, 3.63) is 114 Å². The van der Waals surface area contributed by atoms with Crippen molar-refractivity contribution in [3.8, 4) is 0 Å². The van der Waals surface area contributed by atoms with Gasteiger partial charge < -0.3 is 5.11 Å². The van der Waals surface area contributed by atoms with Gasteiger partial charge in [0, 0.05) is 0 Å². The Balaban J connectivity index is 1.72. The van der Waals surface area contributed by atoms with Gasteiger partial charge in [0.1, 0.15) is 12.2 Å². The fraction of sp³-hybridized carbons (Fsp3) is 0.0833. The molecule has 0 aromatic heterocycles. The molecule has 0 aliphatic carbocycles. The predicted molar refractivity (Wildman–Crippen MR) is 113 cm³/mol. The van der Waals surface area contributed by atoms with Crippen LogP contribution in [0.4, 0.5) is 0 Å². The van der Waals surface area contributed by atoms with E-state index < -0.39 is 22.3 Å². The fourth-order valence-corrected chi connectivity index (χ4v) is 4.38. The van der Waals surface area contributed by atoms with Crippen molar-refractivity contribution in [1.29, 1.82) is 0 Å². The zero-order valence-corrected chi connectivity index (χ0v) is 16.4. The van der Waals surface area contributed by atoms with Gasteiger partial charge in [0.25, 0.3) is 10.1 Å². The molecule has 4 nitrogen and oxygen atoms in total. The quantitative estimate of drug-likeness (QED) is 0.458. The molecule has 4 aromatic rings. The molecule has 2 atom stereocenters. The van der Waals surface area contributed by atoms with Crippen LogP contribution in [0.1, 0.15) is 23.3 Å². The van der Waals surface area contributed by atoms with Crippen LogP contribution in [-0.2, 0) is 14.3 Å². The van der Waals surface area contributed by atoms with Crippen LogP contribution >= 0.6 is 0 Å². The lowest BCUT2D eigenvalue weighted by Gasteiger charge is -2.23. The predicted octanol–water partition coefficient (Wildman–Crippen LogP) is 5.02. The summed E-state index contributed by atoms with van der Waals surface area (Å²) < 4.78 is 31.7. The first-order valence-electron chi connectivity index (χ1n) is 9.25. The Morgan fingerprint density at radius 3 is 1.86 bits per heavy atom. The largest absolute Gasteiger partial charge is 0.385 e. The van der Waals surface area contributed by atoms with Crippen LogP contribution in [0.5, 0.6) is 0 Å². The molecule has 0 radical (unpaired) electrons. The van der Waals surface area contributed by atoms with Gasteiger partial charge in [0.2, 0.25) is 0 Å². The molecule has 4 rings (SSSR count). The van der Waals surface area contributed by atoms with E-state index in [9.17, 15) is 13.5 Å². The summed E-state index contributed by atoms with van der Waals surface area (Å²) in [6, 6.07) is 30.1. The molecule has 0 aliphatic rings. The highest BCUT2D eigenvalue weighted by Crippen LogP contribution is 2.35. The van der Waals surface area contributed by atoms with Crippen molar-refractivity contribution in [2.24, 2.45) is 0 Å². The van der Waals surface area contributed by atoms with Gasteiger partial charge in [-0.3, -0.25) is 4.18 Å². The Morgan fingerprint density at radius 2 is 1.21 bits per heavy atom. The first kappa shape index (κ1) is 19.3. The number of benzene rings is 4. The van der Waals surface area contributed by atoms with Gasteiger partial charge in [0.15, 0.2) is 0 Å². The van der Waals surface area contributed by atoms with E-state index in [1.165, 1.54) is 6.07 Å². The Morgan fingerprint density at radius 1 is 0.655 bits per heavy atom. The van der Waals surface area contributed by atoms with E-state index in [-0.39, 0.29) is 4.90 Å². The van der Waals surface area contributed by atoms with Gasteiger partial charge in [-0.2, -0.15) is 8.42 Å². The lowest BCUT2D eigenvalue weighted by atomic mass is 9.98. The monoisotopic (exact) mass is 404 g/mol. The third kappa shape index (κ3) is 4.22. The van der Waals surface area contributed by atoms with Gasteiger partial charge in [-0.25, -0.2) is 0 Å². The molecule has 0 aliphatic heterocycles. The summed E-state index contributed by atoms with van der Waals surface area (Å²) in [4.78, 5) is 0.0531. The fourth-order valence-electron chi connectivity index (χ4n) is 3.27. The molecule has 29 heavy (non-hydrogen) atoms. The zero-order chi connectivity index (χ0) is 20.3. The molecule has 0 saturated carbocycles. The summed E-state index contributed by atoms with van der Waals surface area (Å²) >= 11 is 0. The molecule has 0 spiro atoms. The Labute approximate surface area is 170 Å². The van der Waals surface area contributed by atoms with E-state index in [1.807, 2.05) is 36.4 Å². The van der Waals surface area contributed by atoms with Crippen LogP contribution in [0.3, 0.4) is 0 Å². The molecular formula is C24H20O4S. The van der Waals surface area contributed by atoms with Gasteiger partial charge >= 0.3 is 0 Å². The Kier molecular flexibility index (Phi) is 5.45. The number of rotatable bonds is 6. The van der Waals surface area contributed by atoms with E-state index >= 15 is 0 Å². The topological polar surface area (TPSA) is 63.6 Å². The first-order valence-corrected chi connectivity index (χ1v) is 10.7. The van der Waals surface area contributed by atoms with E-state index in [0.717, 1.165) is 10.8 Å². The van der Waals surface area contributed by atoms with Gasteiger partial charge in [-0.15, -0.1) is 0 Å². The summed E-state index contributed by atoms with van der Waals surface area (Å²) in [5.41, 5.74) is 1.16. The molecule has 2 unspecified atom stereocenters. The van der Waals surface area contributed by atoms with E-state index in [1.54, 1.807) is 60.7 Å². The smallest absolute Gasteiger partial charge is 0.297 e. The second kappa shape index (κ2) is 8.17. The molecule has 0 heterocycles. The third-order valence-corrected chi connectivity index (χ3v) is 6.09. The summed E-state index contributed by atoms with van der Waals surface area (Å²) in [6.45, 7) is 0. The highest BCUT2D eigenvalue weighted by atomic mass is 32.2. The molecule has 0 amide bonds. The molecule has 0 saturated heterocycles. The molecule has 4 aromatic carbocycles. The average Bonchev–Trinajstić information content (AvgIpc) is 2.78. The van der Waals surface area contributed by atoms with Crippen molar-refractivity contribution in [1.82, 2.24) is 0 Å². The number of hydrogen-bond donors (Lipinski definition) is 1. The summed E-state index contributed by atoms with van der Waals surface area (Å²) in [5.74, 6) is 0. The van der Waals surface area contributed by atoms with Gasteiger partial charge in [-0.1, -0.05) is 91.0 Å². The molecular weight excluding hydrogens is 384 g/mol. The van der Waals surface area contributed by atoms with Crippen molar-refractivity contribution in [2.75, 3.05) is 0 Å². The van der Waals surface area contributed by atoms with Crippen LogP contribution in [0.25, 0.3) is 10.8 Å². The highest BCUT2D eigenvalue weighted by Gasteiger charge is 2.30. The normalized spacial score (nSPS) is 13.8. The van der Waals surface area contributed by atoms with E-state index in [4.69, 9.17) is 4.18 Å². The minimum atomic E-state index is -4.11. The van der Waals surface area contributed by atoms with Crippen molar-refractivity contribution < 1.29 is 17.7 Å². The minimum Gasteiger partial charge on any atom is -0.385 e. The summed E-state index contributed by atoms with van der Waals surface area (Å²) in [5, 5.41) is 12.7. The second-order valence-electron chi connectivity index (χ2n) is 6.75. The molecule has 146 valence electrons. The maximum Gasteiger partial charge on any atom is 0.297 e. The number of aliphatic hydroxyl groups is 1. The van der Waals surface area contributed by atoms with Crippen molar-refractivity contribution in [3.63, 3.8) is 0 Å². The average molecular weight is 404 g/mol. The zero-order valence-electron chi connectivity index (χ0n) is 15.5. The van der Waals surface area contributed by atoms with Crippen molar-refractivity contribution >= 4 is 20.9 Å². The van der Waals surface area contributed by atoms with Crippen molar-refractivity contribution in [2.45, 2.75) is 17.1 Å². The SMILES string of the molecule is O=S(=O)(OC(c1ccccc1)C(O)c1ccccc1)c1ccc2ccccc2c1. The molecule has 1 N–H and O–H groups in total. The molecule has 0 bridgehead atoms. The van der Waals surface area contributed by atoms with Crippen LogP contribution in [-0.4, -0.2) is 13.5 Å². The summed E-state index contributed by atoms with van der Waals surface area (Å²) in [6.07, 6.45) is -2.22. The second-order valence-corrected chi connectivity index (χ2v) is 8.32. The number of aliphatic hydroxyl groups excluding tert-OH is 1. The number of hydrogen-bond acceptors (Lipinski definition) is 4. The van der Waals surface area contributed by atoms with Gasteiger partial charge in [-0.05, 0) is 34.0 Å². The van der Waals surface area contributed by atoms with Gasteiger partial charge in [0.05, 0.1) is 4.90 Å². The van der Waals surface area contributed by atoms with Crippen LogP contribution in [0.15, 0.2) is 108 Å². The maximum atomic E-state index is 13.1. The maximum absolute atomic E-state index is 13.1. The van der Waals surface area contributed by atoms with Crippen LogP contribution in [0, 0.1) is 0 Å². The van der Waals surface area contributed by atoms with Crippen LogP contribution in [0.2, 0.25) is 0 Å². The third-order valence-electron chi connectivity index (χ3n) is 4.80. The minimum absolute atomic E-state index is 0.0531. The summed E-state index contributed by atoms with van der Waals surface area (Å²) in [7, 11) is -4.11. The van der Waals surface area contributed by atoms with E-state index in [0.29, 0.717) is 11.1 Å². The molecule has 5 heteroatoms. The Hall–Kier alpha value is -2.99. The first-order chi connectivity index (χ1) is 14.0. The highest BCUT2D eigenvalue weighted by molar-refractivity contribution is 7.86.